The van der Waals surface area contributed by atoms with Gasteiger partial charge in [-0.25, -0.2) is 0 Å². The Hall–Kier alpha value is -2.36. The van der Waals surface area contributed by atoms with Crippen LogP contribution in [-0.4, -0.2) is 35.5 Å². The lowest BCUT2D eigenvalue weighted by molar-refractivity contribution is -0.129. The number of carbonyl (C=O) groups is 1. The summed E-state index contributed by atoms with van der Waals surface area (Å²) in [7, 11) is 1.68. The van der Waals surface area contributed by atoms with Crippen molar-refractivity contribution in [3.63, 3.8) is 0 Å². The highest BCUT2D eigenvalue weighted by molar-refractivity contribution is 5.73. The molecule has 126 valence electrons. The molecule has 0 N–H and O–H groups in total. The number of amides is 1. The fourth-order valence-corrected chi connectivity index (χ4v) is 3.52. The van der Waals surface area contributed by atoms with Crippen LogP contribution < -0.4 is 4.74 Å². The minimum absolute atomic E-state index is 0.196. The van der Waals surface area contributed by atoms with Crippen LogP contribution in [0.3, 0.4) is 0 Å². The molecule has 1 atom stereocenters. The van der Waals surface area contributed by atoms with Crippen LogP contribution in [0.5, 0.6) is 5.75 Å². The van der Waals surface area contributed by atoms with Gasteiger partial charge < -0.3 is 9.64 Å². The van der Waals surface area contributed by atoms with E-state index in [1.807, 2.05) is 35.4 Å². The smallest absolute Gasteiger partial charge is 0.219 e. The molecular formula is C20H24N2O2. The van der Waals surface area contributed by atoms with Crippen molar-refractivity contribution >= 4 is 5.91 Å². The van der Waals surface area contributed by atoms with Gasteiger partial charge in [0, 0.05) is 31.3 Å². The predicted molar refractivity (Wildman–Crippen MR) is 95.0 cm³/mol. The fraction of sp³-hybridized carbons (Fsp3) is 0.400. The molecule has 0 aliphatic carbocycles. The van der Waals surface area contributed by atoms with Crippen LogP contribution in [0.2, 0.25) is 0 Å². The van der Waals surface area contributed by atoms with Gasteiger partial charge in [-0.15, -0.1) is 0 Å². The first kappa shape index (κ1) is 16.5. The van der Waals surface area contributed by atoms with Gasteiger partial charge in [0.05, 0.1) is 12.8 Å². The summed E-state index contributed by atoms with van der Waals surface area (Å²) in [6.07, 6.45) is 6.06. The van der Waals surface area contributed by atoms with E-state index in [0.29, 0.717) is 6.04 Å². The second-order valence-corrected chi connectivity index (χ2v) is 6.30. The Labute approximate surface area is 143 Å². The number of aromatic nitrogens is 1. The topological polar surface area (TPSA) is 42.4 Å². The number of carbonyl (C=O) groups excluding carboxylic acids is 1. The third-order valence-corrected chi connectivity index (χ3v) is 4.76. The Morgan fingerprint density at radius 3 is 2.96 bits per heavy atom. The third-order valence-electron chi connectivity index (χ3n) is 4.76. The van der Waals surface area contributed by atoms with Crippen LogP contribution in [0.15, 0.2) is 42.6 Å². The zero-order valence-corrected chi connectivity index (χ0v) is 14.4. The Morgan fingerprint density at radius 2 is 2.17 bits per heavy atom. The Bertz CT molecular complexity index is 714. The van der Waals surface area contributed by atoms with Crippen molar-refractivity contribution in [2.45, 2.75) is 38.6 Å². The molecule has 1 amide bonds. The van der Waals surface area contributed by atoms with Crippen molar-refractivity contribution in [2.24, 2.45) is 0 Å². The summed E-state index contributed by atoms with van der Waals surface area (Å²) in [6, 6.07) is 12.5. The van der Waals surface area contributed by atoms with Gasteiger partial charge in [-0.1, -0.05) is 12.1 Å². The van der Waals surface area contributed by atoms with Crippen LogP contribution in [-0.2, 0) is 11.2 Å². The first-order valence-electron chi connectivity index (χ1n) is 8.54. The highest BCUT2D eigenvalue weighted by atomic mass is 16.5. The molecule has 0 radical (unpaired) electrons. The quantitative estimate of drug-likeness (QED) is 0.842. The summed E-state index contributed by atoms with van der Waals surface area (Å²) in [4.78, 5) is 18.2. The number of hydrogen-bond donors (Lipinski definition) is 0. The molecule has 1 aliphatic heterocycles. The molecule has 4 heteroatoms. The molecule has 1 aliphatic rings. The van der Waals surface area contributed by atoms with Crippen LogP contribution in [0, 0.1) is 0 Å². The number of para-hydroxylation sites is 1. The van der Waals surface area contributed by atoms with Crippen molar-refractivity contribution in [3.8, 4) is 17.0 Å². The largest absolute Gasteiger partial charge is 0.496 e. The summed E-state index contributed by atoms with van der Waals surface area (Å²) < 4.78 is 5.44. The van der Waals surface area contributed by atoms with E-state index in [1.165, 1.54) is 5.56 Å². The summed E-state index contributed by atoms with van der Waals surface area (Å²) in [5.41, 5.74) is 3.19. The molecular weight excluding hydrogens is 300 g/mol. The van der Waals surface area contributed by atoms with Crippen molar-refractivity contribution in [1.82, 2.24) is 9.88 Å². The van der Waals surface area contributed by atoms with E-state index in [9.17, 15) is 4.79 Å². The molecule has 24 heavy (non-hydrogen) atoms. The number of nitrogens with zero attached hydrogens (tertiary/aromatic N) is 2. The Morgan fingerprint density at radius 1 is 1.33 bits per heavy atom. The number of aryl methyl sites for hydroxylation is 1. The maximum Gasteiger partial charge on any atom is 0.219 e. The Kier molecular flexibility index (Phi) is 5.14. The van der Waals surface area contributed by atoms with Gasteiger partial charge in [0.1, 0.15) is 5.75 Å². The van der Waals surface area contributed by atoms with Crippen LogP contribution in [0.4, 0.5) is 0 Å². The molecule has 3 rings (SSSR count). The SMILES string of the molecule is COc1ccccc1-c1cc(CC[C@H]2CCCN2C(C)=O)ccn1. The fourth-order valence-electron chi connectivity index (χ4n) is 3.52. The highest BCUT2D eigenvalue weighted by Gasteiger charge is 2.25. The van der Waals surface area contributed by atoms with Gasteiger partial charge in [-0.3, -0.25) is 9.78 Å². The second-order valence-electron chi connectivity index (χ2n) is 6.30. The van der Waals surface area contributed by atoms with E-state index in [2.05, 4.69) is 17.1 Å². The van der Waals surface area contributed by atoms with E-state index >= 15 is 0 Å². The maximum atomic E-state index is 11.7. The zero-order valence-electron chi connectivity index (χ0n) is 14.4. The number of pyridine rings is 1. The molecule has 1 aromatic heterocycles. The molecule has 0 spiro atoms. The van der Waals surface area contributed by atoms with Crippen LogP contribution in [0.1, 0.15) is 31.7 Å². The molecule has 0 bridgehead atoms. The number of benzene rings is 1. The molecule has 0 saturated carbocycles. The second kappa shape index (κ2) is 7.47. The molecule has 4 nitrogen and oxygen atoms in total. The van der Waals surface area contributed by atoms with Gasteiger partial charge in [-0.05, 0) is 55.5 Å². The van der Waals surface area contributed by atoms with Crippen molar-refractivity contribution < 1.29 is 9.53 Å². The first-order valence-corrected chi connectivity index (χ1v) is 8.54. The molecule has 1 saturated heterocycles. The summed E-state index contributed by atoms with van der Waals surface area (Å²) in [5, 5.41) is 0. The summed E-state index contributed by atoms with van der Waals surface area (Å²) in [5.74, 6) is 1.03. The maximum absolute atomic E-state index is 11.7. The molecule has 2 aromatic rings. The first-order chi connectivity index (χ1) is 11.7. The number of rotatable bonds is 5. The van der Waals surface area contributed by atoms with Gasteiger partial charge >= 0.3 is 0 Å². The molecule has 2 heterocycles. The number of likely N-dealkylation sites (tertiary alicyclic amines) is 1. The van der Waals surface area contributed by atoms with E-state index < -0.39 is 0 Å². The van der Waals surface area contributed by atoms with E-state index in [4.69, 9.17) is 4.74 Å². The standard InChI is InChI=1S/C20H24N2O2/c1-15(23)22-13-5-6-17(22)10-9-16-11-12-21-19(14-16)18-7-3-4-8-20(18)24-2/h3-4,7-8,11-12,14,17H,5-6,9-10,13H2,1-2H3/t17-/m1/s1. The van der Waals surface area contributed by atoms with Crippen molar-refractivity contribution in [2.75, 3.05) is 13.7 Å². The normalized spacial score (nSPS) is 17.1. The lowest BCUT2D eigenvalue weighted by Crippen LogP contribution is -2.33. The van der Waals surface area contributed by atoms with Gasteiger partial charge in [-0.2, -0.15) is 0 Å². The lowest BCUT2D eigenvalue weighted by atomic mass is 10.0. The Balaban J connectivity index is 1.73. The monoisotopic (exact) mass is 324 g/mol. The number of ether oxygens (including phenoxy) is 1. The third kappa shape index (κ3) is 3.58. The van der Waals surface area contributed by atoms with Crippen molar-refractivity contribution in [1.29, 1.82) is 0 Å². The van der Waals surface area contributed by atoms with Crippen molar-refractivity contribution in [3.05, 3.63) is 48.2 Å². The minimum Gasteiger partial charge on any atom is -0.496 e. The molecule has 1 aromatic carbocycles. The lowest BCUT2D eigenvalue weighted by Gasteiger charge is -2.23. The van der Waals surface area contributed by atoms with Gasteiger partial charge in [0.25, 0.3) is 0 Å². The average Bonchev–Trinajstić information content (AvgIpc) is 3.09. The van der Waals surface area contributed by atoms with Crippen LogP contribution >= 0.6 is 0 Å². The summed E-state index contributed by atoms with van der Waals surface area (Å²) in [6.45, 7) is 2.58. The highest BCUT2D eigenvalue weighted by Crippen LogP contribution is 2.29. The number of methoxy groups -OCH3 is 1. The molecule has 0 unspecified atom stereocenters. The van der Waals surface area contributed by atoms with Crippen LogP contribution in [0.25, 0.3) is 11.3 Å². The zero-order chi connectivity index (χ0) is 16.9. The van der Waals surface area contributed by atoms with E-state index in [1.54, 1.807) is 14.0 Å². The van der Waals surface area contributed by atoms with E-state index in [0.717, 1.165) is 49.2 Å². The van der Waals surface area contributed by atoms with Gasteiger partial charge in [0.2, 0.25) is 5.91 Å². The van der Waals surface area contributed by atoms with Gasteiger partial charge in [0.15, 0.2) is 0 Å². The predicted octanol–water partition coefficient (Wildman–Crippen LogP) is 3.70. The number of hydrogen-bond acceptors (Lipinski definition) is 3. The summed E-state index contributed by atoms with van der Waals surface area (Å²) >= 11 is 0. The average molecular weight is 324 g/mol. The minimum atomic E-state index is 0.196. The molecule has 1 fully saturated rings. The van der Waals surface area contributed by atoms with E-state index in [-0.39, 0.29) is 5.91 Å².